The van der Waals surface area contributed by atoms with Crippen LogP contribution in [0, 0.1) is 17.6 Å². The van der Waals surface area contributed by atoms with E-state index < -0.39 is 27.6 Å². The van der Waals surface area contributed by atoms with Crippen molar-refractivity contribution in [3.8, 4) is 11.1 Å². The van der Waals surface area contributed by atoms with Crippen molar-refractivity contribution in [3.05, 3.63) is 59.7 Å². The number of ether oxygens (including phenoxy) is 1. The zero-order valence-corrected chi connectivity index (χ0v) is 17.9. The van der Waals surface area contributed by atoms with Gasteiger partial charge in [0.05, 0.1) is 5.56 Å². The number of methoxy groups -OCH3 is 1. The molecule has 1 saturated heterocycles. The molecule has 9 heteroatoms. The lowest BCUT2D eigenvalue weighted by atomic mass is 9.95. The molecule has 0 aromatic heterocycles. The third-order valence-electron chi connectivity index (χ3n) is 5.82. The molecule has 1 N–H and O–H groups in total. The lowest BCUT2D eigenvalue weighted by molar-refractivity contribution is -0.131. The van der Waals surface area contributed by atoms with E-state index in [1.807, 2.05) is 6.07 Å². The van der Waals surface area contributed by atoms with Gasteiger partial charge in [0.25, 0.3) is 0 Å². The Morgan fingerprint density at radius 1 is 1.16 bits per heavy atom. The molecule has 3 unspecified atom stereocenters. The predicted octanol–water partition coefficient (Wildman–Crippen LogP) is 2.86. The van der Waals surface area contributed by atoms with Crippen molar-refractivity contribution >= 4 is 15.9 Å². The first-order valence-electron chi connectivity index (χ1n) is 10.1. The number of hydrogen-bond acceptors (Lipinski definition) is 4. The van der Waals surface area contributed by atoms with Crippen molar-refractivity contribution in [1.82, 2.24) is 9.62 Å². The summed E-state index contributed by atoms with van der Waals surface area (Å²) in [5.41, 5.74) is 1.14. The van der Waals surface area contributed by atoms with Crippen LogP contribution < -0.4 is 4.72 Å². The fourth-order valence-electron chi connectivity index (χ4n) is 4.35. The second-order valence-corrected chi connectivity index (χ2v) is 9.74. The summed E-state index contributed by atoms with van der Waals surface area (Å²) < 4.78 is 59.7. The van der Waals surface area contributed by atoms with Crippen molar-refractivity contribution in [2.45, 2.75) is 24.8 Å². The predicted molar refractivity (Wildman–Crippen MR) is 112 cm³/mol. The van der Waals surface area contributed by atoms with E-state index in [1.165, 1.54) is 25.3 Å². The van der Waals surface area contributed by atoms with Crippen LogP contribution in [0.25, 0.3) is 11.1 Å². The number of likely N-dealkylation sites (tertiary alicyclic amines) is 1. The fraction of sp³-hybridized carbons (Fsp3) is 0.409. The Balaban J connectivity index is 1.46. The van der Waals surface area contributed by atoms with Crippen LogP contribution in [-0.2, 0) is 19.6 Å². The highest BCUT2D eigenvalue weighted by molar-refractivity contribution is 7.89. The summed E-state index contributed by atoms with van der Waals surface area (Å²) in [6.07, 6.45) is 1.13. The van der Waals surface area contributed by atoms with Gasteiger partial charge in [0.15, 0.2) is 5.94 Å². The van der Waals surface area contributed by atoms with Gasteiger partial charge in [-0.3, -0.25) is 4.79 Å². The molecular formula is C22H24F2N2O4S. The molecule has 31 heavy (non-hydrogen) atoms. The van der Waals surface area contributed by atoms with Crippen LogP contribution in [0.5, 0.6) is 0 Å². The van der Waals surface area contributed by atoms with Gasteiger partial charge < -0.3 is 9.64 Å². The highest BCUT2D eigenvalue weighted by Gasteiger charge is 2.48. The number of rotatable bonds is 7. The number of hydrogen-bond donors (Lipinski definition) is 1. The molecule has 2 aliphatic rings. The van der Waals surface area contributed by atoms with Gasteiger partial charge in [-0.05, 0) is 42.0 Å². The van der Waals surface area contributed by atoms with Gasteiger partial charge in [0.2, 0.25) is 15.9 Å². The SMILES string of the molecule is COCS(=O)(=O)NC1CCN(C(=O)C2CC2c2ccccc2-c2c(F)cccc2F)C1. The van der Waals surface area contributed by atoms with E-state index >= 15 is 0 Å². The number of nitrogens with one attached hydrogen (secondary N) is 1. The quantitative estimate of drug-likeness (QED) is 0.704. The summed E-state index contributed by atoms with van der Waals surface area (Å²) >= 11 is 0. The van der Waals surface area contributed by atoms with Gasteiger partial charge in [-0.15, -0.1) is 0 Å². The maximum atomic E-state index is 14.4. The molecule has 2 aromatic rings. The summed E-state index contributed by atoms with van der Waals surface area (Å²) in [4.78, 5) is 14.6. The topological polar surface area (TPSA) is 75.7 Å². The van der Waals surface area contributed by atoms with E-state index in [-0.39, 0.29) is 29.3 Å². The summed E-state index contributed by atoms with van der Waals surface area (Å²) in [5.74, 6) is -2.14. The molecule has 2 fully saturated rings. The van der Waals surface area contributed by atoms with Crippen LogP contribution in [0.4, 0.5) is 8.78 Å². The summed E-state index contributed by atoms with van der Waals surface area (Å²) in [6.45, 7) is 0.764. The standard InChI is InChI=1S/C22H24F2N2O4S/c1-30-13-31(28,29)25-14-9-10-26(12-14)22(27)18-11-17(18)15-5-2-3-6-16(15)21-19(23)7-4-8-20(21)24/h2-8,14,17-18,25H,9-13H2,1H3. The maximum absolute atomic E-state index is 14.4. The molecule has 2 aromatic carbocycles. The Morgan fingerprint density at radius 3 is 2.58 bits per heavy atom. The van der Waals surface area contributed by atoms with Crippen LogP contribution in [0.1, 0.15) is 24.3 Å². The molecule has 1 saturated carbocycles. The maximum Gasteiger partial charge on any atom is 0.236 e. The number of carbonyl (C=O) groups excluding carboxylic acids is 1. The Labute approximate surface area is 180 Å². The minimum Gasteiger partial charge on any atom is -0.367 e. The average Bonchev–Trinajstić information content (AvgIpc) is 3.38. The second-order valence-electron chi connectivity index (χ2n) is 8.04. The van der Waals surface area contributed by atoms with E-state index in [4.69, 9.17) is 0 Å². The number of halogens is 2. The first kappa shape index (κ1) is 21.9. The summed E-state index contributed by atoms with van der Waals surface area (Å²) in [7, 11) is -2.24. The Kier molecular flexibility index (Phi) is 6.09. The smallest absolute Gasteiger partial charge is 0.236 e. The van der Waals surface area contributed by atoms with Gasteiger partial charge in [-0.2, -0.15) is 0 Å². The van der Waals surface area contributed by atoms with Gasteiger partial charge in [-0.25, -0.2) is 21.9 Å². The zero-order valence-electron chi connectivity index (χ0n) is 17.1. The molecule has 0 bridgehead atoms. The van der Waals surface area contributed by atoms with E-state index in [0.29, 0.717) is 31.5 Å². The molecule has 1 aliphatic heterocycles. The number of benzene rings is 2. The third-order valence-corrected chi connectivity index (χ3v) is 7.06. The molecule has 166 valence electrons. The molecule has 4 rings (SSSR count). The van der Waals surface area contributed by atoms with Crippen molar-refractivity contribution in [2.75, 3.05) is 26.1 Å². The largest absolute Gasteiger partial charge is 0.367 e. The van der Waals surface area contributed by atoms with Crippen LogP contribution in [0.15, 0.2) is 42.5 Å². The molecule has 1 aliphatic carbocycles. The Bertz CT molecular complexity index is 1070. The third kappa shape index (κ3) is 4.63. The Morgan fingerprint density at radius 2 is 1.87 bits per heavy atom. The first-order chi connectivity index (χ1) is 14.8. The molecule has 1 heterocycles. The first-order valence-corrected chi connectivity index (χ1v) is 11.8. The number of amides is 1. The van der Waals surface area contributed by atoms with Gasteiger partial charge in [-0.1, -0.05) is 30.3 Å². The van der Waals surface area contributed by atoms with Crippen LogP contribution in [-0.4, -0.2) is 51.4 Å². The summed E-state index contributed by atoms with van der Waals surface area (Å²) in [6, 6.07) is 10.4. The molecule has 6 nitrogen and oxygen atoms in total. The summed E-state index contributed by atoms with van der Waals surface area (Å²) in [5, 5.41) is 0. The molecule has 0 spiro atoms. The molecule has 0 radical (unpaired) electrons. The highest BCUT2D eigenvalue weighted by atomic mass is 32.2. The van der Waals surface area contributed by atoms with Crippen LogP contribution in [0.3, 0.4) is 0 Å². The fourth-order valence-corrected chi connectivity index (χ4v) is 5.43. The van der Waals surface area contributed by atoms with Gasteiger partial charge in [0, 0.05) is 32.2 Å². The lowest BCUT2D eigenvalue weighted by Crippen LogP contribution is -2.40. The van der Waals surface area contributed by atoms with Crippen LogP contribution in [0.2, 0.25) is 0 Å². The molecular weight excluding hydrogens is 426 g/mol. The Hall–Kier alpha value is -2.36. The number of carbonyl (C=O) groups is 1. The average molecular weight is 451 g/mol. The molecule has 3 atom stereocenters. The van der Waals surface area contributed by atoms with Crippen LogP contribution >= 0.6 is 0 Å². The lowest BCUT2D eigenvalue weighted by Gasteiger charge is -2.18. The monoisotopic (exact) mass is 450 g/mol. The van der Waals surface area contributed by atoms with Crippen molar-refractivity contribution in [3.63, 3.8) is 0 Å². The molecule has 1 amide bonds. The van der Waals surface area contributed by atoms with Gasteiger partial charge in [0.1, 0.15) is 11.6 Å². The number of nitrogens with zero attached hydrogens (tertiary/aromatic N) is 1. The van der Waals surface area contributed by atoms with Crippen molar-refractivity contribution in [1.29, 1.82) is 0 Å². The number of sulfonamides is 1. The zero-order chi connectivity index (χ0) is 22.2. The van der Waals surface area contributed by atoms with E-state index in [2.05, 4.69) is 9.46 Å². The minimum atomic E-state index is -3.55. The highest BCUT2D eigenvalue weighted by Crippen LogP contribution is 2.51. The van der Waals surface area contributed by atoms with Crippen molar-refractivity contribution < 1.29 is 26.7 Å². The van der Waals surface area contributed by atoms with Crippen molar-refractivity contribution in [2.24, 2.45) is 5.92 Å². The van der Waals surface area contributed by atoms with E-state index in [0.717, 1.165) is 5.56 Å². The normalized spacial score (nSPS) is 23.2. The van der Waals surface area contributed by atoms with Gasteiger partial charge >= 0.3 is 0 Å². The second kappa shape index (κ2) is 8.64. The van der Waals surface area contributed by atoms with E-state index in [1.54, 1.807) is 23.1 Å². The van der Waals surface area contributed by atoms with E-state index in [9.17, 15) is 22.0 Å². The minimum absolute atomic E-state index is 0.0535.